The topological polar surface area (TPSA) is 69.9 Å². The van der Waals surface area contributed by atoms with Crippen LogP contribution in [0.4, 0.5) is 8.78 Å². The summed E-state index contributed by atoms with van der Waals surface area (Å²) in [6.07, 6.45) is 2.72. The number of fused-ring (bicyclic) bond motifs is 1. The molecule has 0 unspecified atom stereocenters. The summed E-state index contributed by atoms with van der Waals surface area (Å²) in [6.45, 7) is 2.36. The molecule has 4 nitrogen and oxygen atoms in total. The maximum absolute atomic E-state index is 13.4. The first kappa shape index (κ1) is 14.3. The van der Waals surface area contributed by atoms with Gasteiger partial charge in [0.1, 0.15) is 5.82 Å². The Labute approximate surface area is 119 Å². The molecule has 0 saturated carbocycles. The average molecular weight is 299 g/mol. The van der Waals surface area contributed by atoms with Gasteiger partial charge in [-0.25, -0.2) is 13.8 Å². The zero-order chi connectivity index (χ0) is 14.9. The highest BCUT2D eigenvalue weighted by atomic mass is 35.5. The van der Waals surface area contributed by atoms with Gasteiger partial charge in [0.2, 0.25) is 0 Å². The zero-order valence-electron chi connectivity index (χ0n) is 10.7. The van der Waals surface area contributed by atoms with Gasteiger partial charge >= 0.3 is 0 Å². The number of hydrogen-bond acceptors (Lipinski definition) is 3. The van der Waals surface area contributed by atoms with Gasteiger partial charge in [0.15, 0.2) is 11.6 Å². The predicted molar refractivity (Wildman–Crippen MR) is 75.6 cm³/mol. The molecule has 0 aliphatic carbocycles. The molecule has 0 saturated heterocycles. The van der Waals surface area contributed by atoms with Crippen LogP contribution < -0.4 is 11.5 Å². The zero-order valence-corrected chi connectivity index (χ0v) is 11.5. The quantitative estimate of drug-likeness (QED) is 0.676. The van der Waals surface area contributed by atoms with Crippen molar-refractivity contribution in [2.45, 2.75) is 13.5 Å². The second kappa shape index (κ2) is 5.50. The molecule has 2 rings (SSSR count). The SMILES string of the molecule is CCn1c(C(/C=C(\N)Cl)=C/N)nc2cc(F)c(F)cc21. The van der Waals surface area contributed by atoms with Crippen molar-refractivity contribution in [1.29, 1.82) is 0 Å². The Morgan fingerprint density at radius 3 is 2.60 bits per heavy atom. The predicted octanol–water partition coefficient (Wildman–Crippen LogP) is 2.67. The van der Waals surface area contributed by atoms with Crippen LogP contribution in [-0.2, 0) is 6.54 Å². The van der Waals surface area contributed by atoms with Crippen molar-refractivity contribution in [3.05, 3.63) is 47.0 Å². The highest BCUT2D eigenvalue weighted by Gasteiger charge is 2.15. The first-order valence-electron chi connectivity index (χ1n) is 5.88. The fourth-order valence-electron chi connectivity index (χ4n) is 2.00. The lowest BCUT2D eigenvalue weighted by Crippen LogP contribution is -2.03. The Bertz CT molecular complexity index is 715. The van der Waals surface area contributed by atoms with Crippen molar-refractivity contribution in [1.82, 2.24) is 9.55 Å². The lowest BCUT2D eigenvalue weighted by Gasteiger charge is -2.06. The number of nitrogens with two attached hydrogens (primary N) is 2. The number of hydrogen-bond donors (Lipinski definition) is 2. The van der Waals surface area contributed by atoms with Gasteiger partial charge in [-0.2, -0.15) is 0 Å². The molecule has 20 heavy (non-hydrogen) atoms. The summed E-state index contributed by atoms with van der Waals surface area (Å²) in [7, 11) is 0. The maximum atomic E-state index is 13.4. The van der Waals surface area contributed by atoms with Gasteiger partial charge in [-0.05, 0) is 13.0 Å². The van der Waals surface area contributed by atoms with E-state index in [9.17, 15) is 8.78 Å². The smallest absolute Gasteiger partial charge is 0.161 e. The second-order valence-corrected chi connectivity index (χ2v) is 4.52. The molecule has 4 N–H and O–H groups in total. The third-order valence-electron chi connectivity index (χ3n) is 2.84. The highest BCUT2D eigenvalue weighted by Crippen LogP contribution is 2.24. The fourth-order valence-corrected chi connectivity index (χ4v) is 2.11. The monoisotopic (exact) mass is 298 g/mol. The van der Waals surface area contributed by atoms with Crippen LogP contribution >= 0.6 is 11.6 Å². The molecule has 0 atom stereocenters. The van der Waals surface area contributed by atoms with E-state index in [0.717, 1.165) is 12.1 Å². The Balaban J connectivity index is 2.74. The number of rotatable bonds is 3. The lowest BCUT2D eigenvalue weighted by molar-refractivity contribution is 0.510. The van der Waals surface area contributed by atoms with Crippen molar-refractivity contribution in [3.63, 3.8) is 0 Å². The van der Waals surface area contributed by atoms with Crippen molar-refractivity contribution in [2.75, 3.05) is 0 Å². The van der Waals surface area contributed by atoms with Crippen LogP contribution in [0, 0.1) is 11.6 Å². The van der Waals surface area contributed by atoms with E-state index in [1.54, 1.807) is 4.57 Å². The van der Waals surface area contributed by atoms with Gasteiger partial charge in [0.25, 0.3) is 0 Å². The van der Waals surface area contributed by atoms with E-state index in [0.29, 0.717) is 29.0 Å². The second-order valence-electron chi connectivity index (χ2n) is 4.09. The summed E-state index contributed by atoms with van der Waals surface area (Å²) in [4.78, 5) is 4.26. The average Bonchev–Trinajstić information content (AvgIpc) is 2.73. The molecule has 0 fully saturated rings. The van der Waals surface area contributed by atoms with Crippen LogP contribution in [0.1, 0.15) is 12.7 Å². The van der Waals surface area contributed by atoms with Crippen LogP contribution in [0.25, 0.3) is 16.6 Å². The number of benzene rings is 1. The summed E-state index contributed by atoms with van der Waals surface area (Å²) < 4.78 is 28.3. The molecule has 0 bridgehead atoms. The Hall–Kier alpha value is -2.08. The first-order chi connectivity index (χ1) is 9.47. The molecule has 1 aromatic heterocycles. The van der Waals surface area contributed by atoms with Crippen LogP contribution in [0.5, 0.6) is 0 Å². The van der Waals surface area contributed by atoms with Gasteiger partial charge in [-0.3, -0.25) is 0 Å². The molecule has 1 heterocycles. The first-order valence-corrected chi connectivity index (χ1v) is 6.26. The largest absolute Gasteiger partial charge is 0.404 e. The van der Waals surface area contributed by atoms with Gasteiger partial charge in [-0.1, -0.05) is 11.6 Å². The fraction of sp³-hybridized carbons (Fsp3) is 0.154. The minimum absolute atomic E-state index is 0.0359. The third-order valence-corrected chi connectivity index (χ3v) is 2.95. The van der Waals surface area contributed by atoms with E-state index in [2.05, 4.69) is 4.98 Å². The van der Waals surface area contributed by atoms with E-state index in [-0.39, 0.29) is 5.16 Å². The highest BCUT2D eigenvalue weighted by molar-refractivity contribution is 6.29. The molecule has 1 aromatic carbocycles. The van der Waals surface area contributed by atoms with Crippen LogP contribution in [-0.4, -0.2) is 9.55 Å². The van der Waals surface area contributed by atoms with Crippen molar-refractivity contribution >= 4 is 28.2 Å². The lowest BCUT2D eigenvalue weighted by atomic mass is 10.2. The summed E-state index contributed by atoms with van der Waals surface area (Å²) in [5, 5.41) is 0.0359. The molecule has 0 radical (unpaired) electrons. The van der Waals surface area contributed by atoms with Gasteiger partial charge in [0, 0.05) is 30.5 Å². The number of allylic oxidation sites excluding steroid dienone is 2. The maximum Gasteiger partial charge on any atom is 0.161 e. The van der Waals surface area contributed by atoms with Crippen LogP contribution in [0.2, 0.25) is 0 Å². The number of aryl methyl sites for hydroxylation is 1. The molecule has 0 aliphatic rings. The van der Waals surface area contributed by atoms with Crippen LogP contribution in [0.15, 0.2) is 29.6 Å². The van der Waals surface area contributed by atoms with Crippen molar-refractivity contribution < 1.29 is 8.78 Å². The van der Waals surface area contributed by atoms with E-state index in [1.807, 2.05) is 6.92 Å². The molecule has 2 aromatic rings. The number of halogens is 3. The van der Waals surface area contributed by atoms with E-state index < -0.39 is 11.6 Å². The molecular weight excluding hydrogens is 286 g/mol. The van der Waals surface area contributed by atoms with Gasteiger partial charge in [0.05, 0.1) is 16.2 Å². The van der Waals surface area contributed by atoms with Crippen molar-refractivity contribution in [2.24, 2.45) is 11.5 Å². The number of nitrogens with zero attached hydrogens (tertiary/aromatic N) is 2. The van der Waals surface area contributed by atoms with E-state index in [4.69, 9.17) is 23.1 Å². The molecule has 106 valence electrons. The van der Waals surface area contributed by atoms with E-state index >= 15 is 0 Å². The number of imidazole rings is 1. The van der Waals surface area contributed by atoms with Crippen molar-refractivity contribution in [3.8, 4) is 0 Å². The molecule has 0 amide bonds. The summed E-state index contributed by atoms with van der Waals surface area (Å²) >= 11 is 5.63. The third kappa shape index (κ3) is 2.46. The minimum Gasteiger partial charge on any atom is -0.404 e. The number of aromatic nitrogens is 2. The minimum atomic E-state index is -0.949. The normalized spacial score (nSPS) is 13.2. The molecular formula is C13H13ClF2N4. The summed E-state index contributed by atoms with van der Waals surface area (Å²) in [5.74, 6) is -1.43. The summed E-state index contributed by atoms with van der Waals surface area (Å²) in [6, 6.07) is 2.15. The Kier molecular flexibility index (Phi) is 3.94. The van der Waals surface area contributed by atoms with Gasteiger partial charge < -0.3 is 16.0 Å². The molecule has 0 spiro atoms. The standard InChI is InChI=1S/C13H13ClF2N4/c1-2-20-11-5-9(16)8(15)4-10(11)19-13(20)7(6-17)3-12(14)18/h3-6H,2,17-18H2,1H3/b7-6+,12-3-. The Morgan fingerprint density at radius 2 is 2.05 bits per heavy atom. The molecule has 7 heteroatoms. The van der Waals surface area contributed by atoms with Gasteiger partial charge in [-0.15, -0.1) is 0 Å². The summed E-state index contributed by atoms with van der Waals surface area (Å²) in [5.41, 5.74) is 12.2. The van der Waals surface area contributed by atoms with E-state index in [1.165, 1.54) is 12.3 Å². The van der Waals surface area contributed by atoms with Crippen LogP contribution in [0.3, 0.4) is 0 Å². The Morgan fingerprint density at radius 1 is 1.40 bits per heavy atom. The molecule has 0 aliphatic heterocycles.